The highest BCUT2D eigenvalue weighted by Gasteiger charge is 2.39. The summed E-state index contributed by atoms with van der Waals surface area (Å²) in [5.74, 6) is -2.40. The number of nitrogens with zero attached hydrogens (tertiary/aromatic N) is 2. The molecule has 0 aromatic heterocycles. The van der Waals surface area contributed by atoms with Crippen molar-refractivity contribution in [2.45, 2.75) is 30.1 Å². The largest absolute Gasteiger partial charge is 0.434 e. The number of ether oxygens (including phenoxy) is 1. The second kappa shape index (κ2) is 7.24. The zero-order valence-electron chi connectivity index (χ0n) is 13.8. The normalized spacial score (nSPS) is 27.3. The first kappa shape index (κ1) is 19.2. The lowest BCUT2D eigenvalue weighted by atomic mass is 9.89. The first-order chi connectivity index (χ1) is 12.2. The number of nitrogens with two attached hydrogens (primary N) is 1. The molecule has 2 aliphatic rings. The quantitative estimate of drug-likeness (QED) is 0.677. The molecule has 2 saturated heterocycles. The van der Waals surface area contributed by atoms with Crippen LogP contribution in [0.4, 0.5) is 19.3 Å². The van der Waals surface area contributed by atoms with Crippen molar-refractivity contribution in [1.29, 1.82) is 0 Å². The maximum absolute atomic E-state index is 14.8. The second-order valence-corrected chi connectivity index (χ2v) is 7.93. The SMILES string of the molecule is NC(=O)C1CN(c2cc(F)c(C3(S)CCCN(S)CC3)c(F)c2)C(=O)O1. The molecule has 2 aliphatic heterocycles. The van der Waals surface area contributed by atoms with Crippen molar-refractivity contribution in [3.05, 3.63) is 29.3 Å². The van der Waals surface area contributed by atoms with Gasteiger partial charge in [-0.3, -0.25) is 14.0 Å². The molecule has 1 aromatic rings. The van der Waals surface area contributed by atoms with E-state index < -0.39 is 34.5 Å². The minimum Gasteiger partial charge on any atom is -0.434 e. The van der Waals surface area contributed by atoms with Crippen LogP contribution in [0.3, 0.4) is 0 Å². The lowest BCUT2D eigenvalue weighted by molar-refractivity contribution is -0.124. The van der Waals surface area contributed by atoms with E-state index in [0.29, 0.717) is 32.4 Å². The van der Waals surface area contributed by atoms with Crippen LogP contribution in [0.25, 0.3) is 0 Å². The van der Waals surface area contributed by atoms with Crippen LogP contribution >= 0.6 is 25.4 Å². The summed E-state index contributed by atoms with van der Waals surface area (Å²) >= 11 is 8.88. The van der Waals surface area contributed by atoms with Gasteiger partial charge in [-0.25, -0.2) is 13.6 Å². The Morgan fingerprint density at radius 1 is 1.27 bits per heavy atom. The van der Waals surface area contributed by atoms with Gasteiger partial charge in [0.25, 0.3) is 5.91 Å². The lowest BCUT2D eigenvalue weighted by Crippen LogP contribution is -2.32. The van der Waals surface area contributed by atoms with Crippen LogP contribution in [0.5, 0.6) is 0 Å². The summed E-state index contributed by atoms with van der Waals surface area (Å²) in [5.41, 5.74) is 4.97. The molecule has 2 fully saturated rings. The Kier molecular flexibility index (Phi) is 5.36. The Morgan fingerprint density at radius 3 is 2.50 bits per heavy atom. The van der Waals surface area contributed by atoms with Gasteiger partial charge in [0.2, 0.25) is 0 Å². The smallest absolute Gasteiger partial charge is 0.415 e. The van der Waals surface area contributed by atoms with Crippen molar-refractivity contribution in [2.75, 3.05) is 24.5 Å². The number of carbonyl (C=O) groups excluding carboxylic acids is 2. The predicted molar refractivity (Wildman–Crippen MR) is 98.2 cm³/mol. The molecule has 26 heavy (non-hydrogen) atoms. The van der Waals surface area contributed by atoms with Gasteiger partial charge in [-0.2, -0.15) is 12.6 Å². The van der Waals surface area contributed by atoms with Crippen molar-refractivity contribution in [1.82, 2.24) is 4.31 Å². The van der Waals surface area contributed by atoms with E-state index in [1.807, 2.05) is 0 Å². The van der Waals surface area contributed by atoms with Crippen LogP contribution in [-0.2, 0) is 14.3 Å². The van der Waals surface area contributed by atoms with Gasteiger partial charge in [-0.15, -0.1) is 0 Å². The van der Waals surface area contributed by atoms with Gasteiger partial charge in [-0.05, 0) is 31.4 Å². The van der Waals surface area contributed by atoms with E-state index in [9.17, 15) is 18.4 Å². The molecule has 2 heterocycles. The number of carbonyl (C=O) groups is 2. The van der Waals surface area contributed by atoms with E-state index in [4.69, 9.17) is 10.5 Å². The molecule has 3 rings (SSSR count). The van der Waals surface area contributed by atoms with Gasteiger partial charge < -0.3 is 10.5 Å². The summed E-state index contributed by atoms with van der Waals surface area (Å²) in [7, 11) is 0. The second-order valence-electron chi connectivity index (χ2n) is 6.51. The fourth-order valence-corrected chi connectivity index (χ4v) is 4.05. The minimum atomic E-state index is -1.15. The minimum absolute atomic E-state index is 0.0288. The zero-order valence-corrected chi connectivity index (χ0v) is 15.6. The Bertz CT molecular complexity index is 728. The van der Waals surface area contributed by atoms with E-state index >= 15 is 0 Å². The van der Waals surface area contributed by atoms with E-state index in [1.165, 1.54) is 0 Å². The van der Waals surface area contributed by atoms with Crippen LogP contribution in [0.1, 0.15) is 24.8 Å². The number of thiol groups is 2. The highest BCUT2D eigenvalue weighted by atomic mass is 32.1. The van der Waals surface area contributed by atoms with Crippen molar-refractivity contribution in [3.63, 3.8) is 0 Å². The number of rotatable bonds is 3. The summed E-state index contributed by atoms with van der Waals surface area (Å²) in [5, 5.41) is 0. The third kappa shape index (κ3) is 3.63. The molecule has 1 aromatic carbocycles. The van der Waals surface area contributed by atoms with Gasteiger partial charge in [-0.1, -0.05) is 12.8 Å². The number of primary amides is 1. The molecule has 0 spiro atoms. The lowest BCUT2D eigenvalue weighted by Gasteiger charge is -2.29. The average molecular weight is 403 g/mol. The van der Waals surface area contributed by atoms with E-state index in [1.54, 1.807) is 4.31 Å². The van der Waals surface area contributed by atoms with Gasteiger partial charge in [0.15, 0.2) is 6.10 Å². The molecule has 0 aliphatic carbocycles. The number of anilines is 1. The number of halogens is 2. The molecule has 142 valence electrons. The average Bonchev–Trinajstić information content (AvgIpc) is 2.86. The van der Waals surface area contributed by atoms with Crippen LogP contribution in [0.15, 0.2) is 12.1 Å². The predicted octanol–water partition coefficient (Wildman–Crippen LogP) is 2.23. The fourth-order valence-electron chi connectivity index (χ4n) is 3.34. The molecular weight excluding hydrogens is 384 g/mol. The van der Waals surface area contributed by atoms with Crippen LogP contribution in [0, 0.1) is 11.6 Å². The third-order valence-corrected chi connectivity index (χ3v) is 5.79. The number of benzene rings is 1. The molecule has 0 bridgehead atoms. The van der Waals surface area contributed by atoms with Crippen molar-refractivity contribution < 1.29 is 23.1 Å². The summed E-state index contributed by atoms with van der Waals surface area (Å²) < 4.78 is 35.3. The zero-order chi connectivity index (χ0) is 19.1. The van der Waals surface area contributed by atoms with Gasteiger partial charge >= 0.3 is 6.09 Å². The van der Waals surface area contributed by atoms with E-state index in [2.05, 4.69) is 25.4 Å². The van der Waals surface area contributed by atoms with Gasteiger partial charge in [0, 0.05) is 23.4 Å². The summed E-state index contributed by atoms with van der Waals surface area (Å²) in [6, 6.07) is 2.12. The maximum atomic E-state index is 14.8. The molecule has 2 N–H and O–H groups in total. The fraction of sp³-hybridized carbons (Fsp3) is 0.500. The van der Waals surface area contributed by atoms with E-state index in [-0.39, 0.29) is 17.8 Å². The number of hydrogen-bond donors (Lipinski definition) is 3. The Labute approximate surface area is 160 Å². The van der Waals surface area contributed by atoms with Crippen LogP contribution < -0.4 is 10.6 Å². The van der Waals surface area contributed by atoms with Crippen molar-refractivity contribution in [3.8, 4) is 0 Å². The van der Waals surface area contributed by atoms with Crippen LogP contribution in [0.2, 0.25) is 0 Å². The molecule has 0 saturated carbocycles. The van der Waals surface area contributed by atoms with Gasteiger partial charge in [0.1, 0.15) is 11.6 Å². The number of amides is 2. The standard InChI is InChI=1S/C16H19F2N3O3S2/c17-10-6-9(21-8-12(14(19)22)24-15(21)23)7-11(18)13(10)16(25)2-1-4-20(26)5-3-16/h6-7,12,25-26H,1-5,8H2,(H2,19,22). The molecule has 2 unspecified atom stereocenters. The highest BCUT2D eigenvalue weighted by Crippen LogP contribution is 2.43. The molecule has 2 atom stereocenters. The van der Waals surface area contributed by atoms with Crippen molar-refractivity contribution in [2.24, 2.45) is 5.73 Å². The number of cyclic esters (lactones) is 1. The first-order valence-corrected chi connectivity index (χ1v) is 8.99. The number of hydrogen-bond acceptors (Lipinski definition) is 6. The molecule has 2 amide bonds. The molecule has 10 heteroatoms. The summed E-state index contributed by atoms with van der Waals surface area (Å²) in [6.45, 7) is 1.07. The maximum Gasteiger partial charge on any atom is 0.415 e. The van der Waals surface area contributed by atoms with Crippen molar-refractivity contribution >= 4 is 43.1 Å². The Balaban J connectivity index is 1.92. The van der Waals surface area contributed by atoms with Crippen LogP contribution in [-0.4, -0.2) is 42.0 Å². The molecular formula is C16H19F2N3O3S2. The molecule has 0 radical (unpaired) electrons. The summed E-state index contributed by atoms with van der Waals surface area (Å²) in [6.07, 6.45) is -0.390. The Morgan fingerprint density at radius 2 is 1.92 bits per heavy atom. The monoisotopic (exact) mass is 403 g/mol. The van der Waals surface area contributed by atoms with E-state index in [0.717, 1.165) is 17.0 Å². The Hall–Kier alpha value is -1.52. The highest BCUT2D eigenvalue weighted by molar-refractivity contribution is 7.81. The van der Waals surface area contributed by atoms with Gasteiger partial charge in [0.05, 0.1) is 12.2 Å². The molecule has 6 nitrogen and oxygen atoms in total. The summed E-state index contributed by atoms with van der Waals surface area (Å²) in [4.78, 5) is 24.0. The topological polar surface area (TPSA) is 75.9 Å². The third-order valence-electron chi connectivity index (χ3n) is 4.72. The first-order valence-electron chi connectivity index (χ1n) is 8.14.